The van der Waals surface area contributed by atoms with E-state index in [0.29, 0.717) is 12.1 Å². The second kappa shape index (κ2) is 6.60. The standard InChI is InChI=1S/C23H18N4O2/c1-14(28)15-2-5-18(6-3-15)26-20-8-9-21(27-11-10-24-22(20)27)16-4-7-19-17(12-16)13-25-23(19)29/h2-12,26H,13H2,1H3,(H,25,29). The number of Topliss-reactive ketones (excluding diaryl/α,β-unsaturated/α-hetero) is 1. The quantitative estimate of drug-likeness (QED) is 0.519. The van der Waals surface area contributed by atoms with Crippen LogP contribution in [0.3, 0.4) is 0 Å². The zero-order chi connectivity index (χ0) is 20.0. The highest BCUT2D eigenvalue weighted by Gasteiger charge is 2.19. The summed E-state index contributed by atoms with van der Waals surface area (Å²) in [5.41, 5.74) is 7.01. The number of carbonyl (C=O) groups is 2. The molecule has 2 aromatic carbocycles. The SMILES string of the molecule is CC(=O)c1ccc(Nc2ccc(-c3ccc4c(c3)CNC4=O)n3ccnc23)cc1. The Morgan fingerprint density at radius 1 is 1.10 bits per heavy atom. The summed E-state index contributed by atoms with van der Waals surface area (Å²) >= 11 is 0. The van der Waals surface area contributed by atoms with E-state index in [9.17, 15) is 9.59 Å². The highest BCUT2D eigenvalue weighted by Crippen LogP contribution is 2.29. The summed E-state index contributed by atoms with van der Waals surface area (Å²) in [4.78, 5) is 27.8. The van der Waals surface area contributed by atoms with Crippen molar-refractivity contribution in [3.8, 4) is 11.3 Å². The number of rotatable bonds is 4. The highest BCUT2D eigenvalue weighted by molar-refractivity contribution is 5.99. The number of carbonyl (C=O) groups excluding carboxylic acids is 2. The monoisotopic (exact) mass is 382 g/mol. The Kier molecular flexibility index (Phi) is 3.91. The number of anilines is 2. The van der Waals surface area contributed by atoms with Gasteiger partial charge in [0.25, 0.3) is 5.91 Å². The first-order valence-electron chi connectivity index (χ1n) is 9.36. The lowest BCUT2D eigenvalue weighted by Gasteiger charge is -2.12. The summed E-state index contributed by atoms with van der Waals surface area (Å²) in [6.45, 7) is 2.12. The van der Waals surface area contributed by atoms with Crippen LogP contribution in [0.1, 0.15) is 33.2 Å². The first-order valence-corrected chi connectivity index (χ1v) is 9.36. The minimum Gasteiger partial charge on any atom is -0.352 e. The van der Waals surface area contributed by atoms with Gasteiger partial charge in [0.15, 0.2) is 11.4 Å². The number of imidazole rings is 1. The maximum Gasteiger partial charge on any atom is 0.251 e. The Bertz CT molecular complexity index is 1270. The van der Waals surface area contributed by atoms with Crippen LogP contribution in [0, 0.1) is 0 Å². The smallest absolute Gasteiger partial charge is 0.251 e. The molecule has 0 fully saturated rings. The Morgan fingerprint density at radius 3 is 2.72 bits per heavy atom. The molecule has 2 aromatic heterocycles. The fourth-order valence-electron chi connectivity index (χ4n) is 3.68. The van der Waals surface area contributed by atoms with Crippen molar-refractivity contribution in [2.75, 3.05) is 5.32 Å². The maximum atomic E-state index is 11.8. The highest BCUT2D eigenvalue weighted by atomic mass is 16.2. The Labute approximate surface area is 167 Å². The van der Waals surface area contributed by atoms with Crippen molar-refractivity contribution in [1.82, 2.24) is 14.7 Å². The van der Waals surface area contributed by atoms with Crippen molar-refractivity contribution >= 4 is 28.7 Å². The Hall–Kier alpha value is -3.93. The van der Waals surface area contributed by atoms with E-state index in [1.54, 1.807) is 13.1 Å². The lowest BCUT2D eigenvalue weighted by Crippen LogP contribution is -2.12. The normalized spacial score (nSPS) is 12.7. The maximum absolute atomic E-state index is 11.8. The minimum atomic E-state index is -0.0188. The minimum absolute atomic E-state index is 0.0188. The average molecular weight is 382 g/mol. The molecule has 4 aromatic rings. The van der Waals surface area contributed by atoms with Crippen molar-refractivity contribution in [3.05, 3.63) is 83.7 Å². The van der Waals surface area contributed by atoms with E-state index in [-0.39, 0.29) is 11.7 Å². The number of hydrogen-bond donors (Lipinski definition) is 2. The van der Waals surface area contributed by atoms with Gasteiger partial charge in [0.2, 0.25) is 0 Å². The van der Waals surface area contributed by atoms with Crippen LogP contribution >= 0.6 is 0 Å². The summed E-state index contributed by atoms with van der Waals surface area (Å²) in [5.74, 6) is 0.0254. The van der Waals surface area contributed by atoms with Gasteiger partial charge < -0.3 is 10.6 Å². The number of benzene rings is 2. The summed E-state index contributed by atoms with van der Waals surface area (Å²) in [6, 6.07) is 17.3. The van der Waals surface area contributed by atoms with E-state index in [2.05, 4.69) is 21.7 Å². The summed E-state index contributed by atoms with van der Waals surface area (Å²) < 4.78 is 2.03. The number of amides is 1. The lowest BCUT2D eigenvalue weighted by atomic mass is 10.0. The van der Waals surface area contributed by atoms with Crippen LogP contribution in [0.5, 0.6) is 0 Å². The molecule has 1 aliphatic rings. The van der Waals surface area contributed by atoms with Gasteiger partial charge in [0.1, 0.15) is 0 Å². The third kappa shape index (κ3) is 2.95. The number of hydrogen-bond acceptors (Lipinski definition) is 4. The molecule has 0 bridgehead atoms. The molecule has 1 amide bonds. The Balaban J connectivity index is 1.52. The van der Waals surface area contributed by atoms with Crippen molar-refractivity contribution in [2.24, 2.45) is 0 Å². The first-order chi connectivity index (χ1) is 14.1. The van der Waals surface area contributed by atoms with Crippen molar-refractivity contribution in [3.63, 3.8) is 0 Å². The molecule has 29 heavy (non-hydrogen) atoms. The van der Waals surface area contributed by atoms with E-state index >= 15 is 0 Å². The fraction of sp³-hybridized carbons (Fsp3) is 0.0870. The van der Waals surface area contributed by atoms with Gasteiger partial charge in [0, 0.05) is 35.8 Å². The van der Waals surface area contributed by atoms with Gasteiger partial charge >= 0.3 is 0 Å². The molecule has 0 aliphatic carbocycles. The molecule has 3 heterocycles. The molecule has 0 unspecified atom stereocenters. The van der Waals surface area contributed by atoms with Crippen LogP contribution in [0.2, 0.25) is 0 Å². The molecular weight excluding hydrogens is 364 g/mol. The molecule has 142 valence electrons. The molecule has 2 N–H and O–H groups in total. The van der Waals surface area contributed by atoms with Crippen LogP contribution in [0.4, 0.5) is 11.4 Å². The predicted molar refractivity (Wildman–Crippen MR) is 112 cm³/mol. The van der Waals surface area contributed by atoms with Gasteiger partial charge in [-0.15, -0.1) is 0 Å². The number of nitrogens with one attached hydrogen (secondary N) is 2. The first kappa shape index (κ1) is 17.2. The van der Waals surface area contributed by atoms with E-state index < -0.39 is 0 Å². The second-order valence-electron chi connectivity index (χ2n) is 7.07. The van der Waals surface area contributed by atoms with E-state index in [4.69, 9.17) is 0 Å². The zero-order valence-corrected chi connectivity index (χ0v) is 15.8. The van der Waals surface area contributed by atoms with Crippen LogP contribution < -0.4 is 10.6 Å². The van der Waals surface area contributed by atoms with Crippen molar-refractivity contribution < 1.29 is 9.59 Å². The summed E-state index contributed by atoms with van der Waals surface area (Å²) in [6.07, 6.45) is 3.69. The molecule has 1 aliphatic heterocycles. The number of nitrogens with zero attached hydrogens (tertiary/aromatic N) is 2. The van der Waals surface area contributed by atoms with Gasteiger partial charge in [-0.1, -0.05) is 6.07 Å². The molecule has 6 nitrogen and oxygen atoms in total. The summed E-state index contributed by atoms with van der Waals surface area (Å²) in [7, 11) is 0. The van der Waals surface area contributed by atoms with Gasteiger partial charge in [-0.25, -0.2) is 4.98 Å². The van der Waals surface area contributed by atoms with Crippen LogP contribution in [0.25, 0.3) is 16.9 Å². The van der Waals surface area contributed by atoms with E-state index in [1.807, 2.05) is 59.1 Å². The lowest BCUT2D eigenvalue weighted by molar-refractivity contribution is 0.0964. The number of pyridine rings is 1. The topological polar surface area (TPSA) is 75.5 Å². The largest absolute Gasteiger partial charge is 0.352 e. The van der Waals surface area contributed by atoms with Gasteiger partial charge in [-0.05, 0) is 66.6 Å². The third-order valence-electron chi connectivity index (χ3n) is 5.20. The van der Waals surface area contributed by atoms with Gasteiger partial charge in [-0.3, -0.25) is 14.0 Å². The Morgan fingerprint density at radius 2 is 1.93 bits per heavy atom. The number of fused-ring (bicyclic) bond motifs is 2. The molecule has 0 saturated carbocycles. The fourth-order valence-corrected chi connectivity index (χ4v) is 3.68. The third-order valence-corrected chi connectivity index (χ3v) is 5.20. The molecule has 0 atom stereocenters. The van der Waals surface area contributed by atoms with Gasteiger partial charge in [0.05, 0.1) is 11.4 Å². The molecular formula is C23H18N4O2. The number of aromatic nitrogens is 2. The second-order valence-corrected chi connectivity index (χ2v) is 7.07. The van der Waals surface area contributed by atoms with Crippen LogP contribution in [-0.4, -0.2) is 21.1 Å². The van der Waals surface area contributed by atoms with Crippen molar-refractivity contribution in [2.45, 2.75) is 13.5 Å². The van der Waals surface area contributed by atoms with E-state index in [1.165, 1.54) is 0 Å². The molecule has 5 rings (SSSR count). The number of ketones is 1. The predicted octanol–water partition coefficient (Wildman–Crippen LogP) is 4.19. The van der Waals surface area contributed by atoms with Gasteiger partial charge in [-0.2, -0.15) is 0 Å². The molecule has 0 spiro atoms. The molecule has 0 radical (unpaired) electrons. The van der Waals surface area contributed by atoms with Crippen LogP contribution in [-0.2, 0) is 6.54 Å². The van der Waals surface area contributed by atoms with Crippen molar-refractivity contribution in [1.29, 1.82) is 0 Å². The van der Waals surface area contributed by atoms with E-state index in [0.717, 1.165) is 39.4 Å². The molecule has 6 heteroatoms. The average Bonchev–Trinajstić information content (AvgIpc) is 3.36. The molecule has 0 saturated heterocycles. The summed E-state index contributed by atoms with van der Waals surface area (Å²) in [5, 5.41) is 6.23. The zero-order valence-electron chi connectivity index (χ0n) is 15.8. The van der Waals surface area contributed by atoms with Crippen LogP contribution in [0.15, 0.2) is 67.0 Å².